The van der Waals surface area contributed by atoms with Crippen LogP contribution in [0.3, 0.4) is 0 Å². The number of alkyl halides is 4. The van der Waals surface area contributed by atoms with Gasteiger partial charge in [0.25, 0.3) is 0 Å². The molecule has 3 nitrogen and oxygen atoms in total. The highest BCUT2D eigenvalue weighted by Gasteiger charge is 2.41. The van der Waals surface area contributed by atoms with Crippen LogP contribution in [0.4, 0.5) is 17.6 Å². The molecule has 1 unspecified atom stereocenters. The Bertz CT molecular complexity index is 409. The topological polar surface area (TPSA) is 48.1 Å². The summed E-state index contributed by atoms with van der Waals surface area (Å²) < 4.78 is 53.5. The van der Waals surface area contributed by atoms with E-state index >= 15 is 0 Å². The molecule has 0 spiro atoms. The summed E-state index contributed by atoms with van der Waals surface area (Å²) in [6, 6.07) is 0. The predicted molar refractivity (Wildman–Crippen MR) is 64.6 cm³/mol. The summed E-state index contributed by atoms with van der Waals surface area (Å²) in [7, 11) is 0. The third-order valence-corrected chi connectivity index (χ3v) is 3.53. The first-order chi connectivity index (χ1) is 8.69. The van der Waals surface area contributed by atoms with Gasteiger partial charge < -0.3 is 10.5 Å². The largest absolute Gasteiger partial charge is 0.368 e. The van der Waals surface area contributed by atoms with Crippen molar-refractivity contribution in [2.24, 2.45) is 5.73 Å². The minimum absolute atomic E-state index is 0.229. The minimum Gasteiger partial charge on any atom is -0.368 e. The predicted octanol–water partition coefficient (Wildman–Crippen LogP) is 3.14. The van der Waals surface area contributed by atoms with Gasteiger partial charge in [0.15, 0.2) is 0 Å². The van der Waals surface area contributed by atoms with Crippen molar-refractivity contribution in [3.8, 4) is 0 Å². The number of nitrogens with zero attached hydrogens (tertiary/aromatic N) is 1. The van der Waals surface area contributed by atoms with Crippen molar-refractivity contribution in [3.05, 3.63) is 16.1 Å². The van der Waals surface area contributed by atoms with Gasteiger partial charge in [-0.25, -0.2) is 13.8 Å². The van der Waals surface area contributed by atoms with Crippen molar-refractivity contribution in [2.45, 2.75) is 44.8 Å². The summed E-state index contributed by atoms with van der Waals surface area (Å²) in [5, 5.41) is 2.15. The van der Waals surface area contributed by atoms with Gasteiger partial charge in [-0.3, -0.25) is 0 Å². The highest BCUT2D eigenvalue weighted by Crippen LogP contribution is 2.25. The van der Waals surface area contributed by atoms with Crippen LogP contribution in [0.15, 0.2) is 5.38 Å². The van der Waals surface area contributed by atoms with Crippen LogP contribution in [-0.2, 0) is 16.9 Å². The number of hydrogen-bond acceptors (Lipinski definition) is 4. The maximum atomic E-state index is 12.6. The quantitative estimate of drug-likeness (QED) is 0.787. The van der Waals surface area contributed by atoms with Crippen LogP contribution in [0.5, 0.6) is 0 Å². The number of rotatable bonds is 7. The van der Waals surface area contributed by atoms with E-state index in [-0.39, 0.29) is 6.61 Å². The normalized spacial score (nSPS) is 15.8. The Labute approximate surface area is 112 Å². The zero-order valence-corrected chi connectivity index (χ0v) is 11.4. The van der Waals surface area contributed by atoms with E-state index in [1.54, 1.807) is 12.3 Å². The molecule has 0 radical (unpaired) electrons. The van der Waals surface area contributed by atoms with Crippen molar-refractivity contribution < 1.29 is 22.3 Å². The van der Waals surface area contributed by atoms with Crippen LogP contribution in [-0.4, -0.2) is 23.9 Å². The third-order valence-electron chi connectivity index (χ3n) is 2.71. The van der Waals surface area contributed by atoms with Crippen molar-refractivity contribution in [1.29, 1.82) is 0 Å². The van der Waals surface area contributed by atoms with Crippen LogP contribution in [0, 0.1) is 0 Å². The maximum absolute atomic E-state index is 12.6. The first kappa shape index (κ1) is 16.3. The lowest BCUT2D eigenvalue weighted by Crippen LogP contribution is -2.32. The van der Waals surface area contributed by atoms with E-state index in [4.69, 9.17) is 5.73 Å². The van der Waals surface area contributed by atoms with E-state index in [9.17, 15) is 17.6 Å². The number of aromatic nitrogens is 1. The number of halogens is 4. The van der Waals surface area contributed by atoms with Gasteiger partial charge in [0.2, 0.25) is 0 Å². The van der Waals surface area contributed by atoms with Crippen LogP contribution >= 0.6 is 11.3 Å². The SMILES string of the molecule is CCC(C)(N)c1csc(COCC(F)(F)C(F)F)n1. The lowest BCUT2D eigenvalue weighted by Gasteiger charge is -2.19. The van der Waals surface area contributed by atoms with E-state index in [2.05, 4.69) is 9.72 Å². The molecule has 8 heteroatoms. The van der Waals surface area contributed by atoms with Crippen molar-refractivity contribution in [1.82, 2.24) is 4.98 Å². The standard InChI is InChI=1S/C11H16F4N2OS/c1-3-10(2,16)7-5-19-8(17-7)4-18-6-11(14,15)9(12)13/h5,9H,3-4,6,16H2,1-2H3. The van der Waals surface area contributed by atoms with Gasteiger partial charge in [-0.2, -0.15) is 8.78 Å². The molecular weight excluding hydrogens is 284 g/mol. The summed E-state index contributed by atoms with van der Waals surface area (Å²) in [6.45, 7) is 2.15. The molecule has 1 heterocycles. The molecule has 0 aliphatic carbocycles. The maximum Gasteiger partial charge on any atom is 0.330 e. The van der Waals surface area contributed by atoms with Gasteiger partial charge in [-0.1, -0.05) is 6.92 Å². The Morgan fingerprint density at radius 1 is 1.47 bits per heavy atom. The lowest BCUT2D eigenvalue weighted by molar-refractivity contribution is -0.168. The fourth-order valence-electron chi connectivity index (χ4n) is 1.16. The second kappa shape index (κ2) is 6.15. The summed E-state index contributed by atoms with van der Waals surface area (Å²) in [5.74, 6) is -4.13. The van der Waals surface area contributed by atoms with E-state index in [1.165, 1.54) is 11.3 Å². The molecule has 2 N–H and O–H groups in total. The molecule has 0 fully saturated rings. The van der Waals surface area contributed by atoms with E-state index < -0.39 is 24.5 Å². The first-order valence-corrected chi connectivity index (χ1v) is 6.54. The molecule has 1 atom stereocenters. The van der Waals surface area contributed by atoms with Gasteiger partial charge in [0.1, 0.15) is 11.6 Å². The zero-order valence-electron chi connectivity index (χ0n) is 10.6. The number of nitrogens with two attached hydrogens (primary N) is 1. The Kier molecular flexibility index (Phi) is 5.28. The van der Waals surface area contributed by atoms with Gasteiger partial charge >= 0.3 is 12.3 Å². The Morgan fingerprint density at radius 3 is 2.63 bits per heavy atom. The van der Waals surface area contributed by atoms with Crippen LogP contribution in [0.2, 0.25) is 0 Å². The Morgan fingerprint density at radius 2 is 2.11 bits per heavy atom. The van der Waals surface area contributed by atoms with Gasteiger partial charge in [0, 0.05) is 5.38 Å². The molecule has 0 aliphatic heterocycles. The van der Waals surface area contributed by atoms with Crippen molar-refractivity contribution >= 4 is 11.3 Å². The average molecular weight is 300 g/mol. The highest BCUT2D eigenvalue weighted by atomic mass is 32.1. The molecule has 0 bridgehead atoms. The van der Waals surface area contributed by atoms with Gasteiger partial charge in [-0.05, 0) is 13.3 Å². The van der Waals surface area contributed by atoms with Crippen LogP contribution < -0.4 is 5.73 Å². The molecule has 1 aromatic heterocycles. The summed E-state index contributed by atoms with van der Waals surface area (Å²) >= 11 is 1.20. The average Bonchev–Trinajstić information content (AvgIpc) is 2.78. The molecule has 0 saturated heterocycles. The van der Waals surface area contributed by atoms with E-state index in [0.29, 0.717) is 17.1 Å². The first-order valence-electron chi connectivity index (χ1n) is 5.66. The highest BCUT2D eigenvalue weighted by molar-refractivity contribution is 7.09. The molecule has 1 aromatic rings. The Hall–Kier alpha value is -0.730. The molecule has 0 aliphatic rings. The second-order valence-electron chi connectivity index (χ2n) is 4.45. The summed E-state index contributed by atoms with van der Waals surface area (Å²) in [6.07, 6.45) is -3.06. The zero-order chi connectivity index (χ0) is 14.7. The number of ether oxygens (including phenoxy) is 1. The van der Waals surface area contributed by atoms with Crippen molar-refractivity contribution in [2.75, 3.05) is 6.61 Å². The molecule has 0 saturated carbocycles. The van der Waals surface area contributed by atoms with Crippen LogP contribution in [0.1, 0.15) is 31.0 Å². The molecule has 0 amide bonds. The van der Waals surface area contributed by atoms with Gasteiger partial charge in [-0.15, -0.1) is 11.3 Å². The second-order valence-corrected chi connectivity index (χ2v) is 5.39. The van der Waals surface area contributed by atoms with Crippen LogP contribution in [0.25, 0.3) is 0 Å². The third kappa shape index (κ3) is 4.39. The minimum atomic E-state index is -4.13. The smallest absolute Gasteiger partial charge is 0.330 e. The van der Waals surface area contributed by atoms with Gasteiger partial charge in [0.05, 0.1) is 17.8 Å². The summed E-state index contributed by atoms with van der Waals surface area (Å²) in [4.78, 5) is 4.15. The van der Waals surface area contributed by atoms with Crippen molar-refractivity contribution in [3.63, 3.8) is 0 Å². The number of hydrogen-bond donors (Lipinski definition) is 1. The number of thiazole rings is 1. The monoisotopic (exact) mass is 300 g/mol. The molecule has 19 heavy (non-hydrogen) atoms. The molecular formula is C11H16F4N2OS. The molecule has 1 rings (SSSR count). The molecule has 110 valence electrons. The lowest BCUT2D eigenvalue weighted by atomic mass is 9.97. The fraction of sp³-hybridized carbons (Fsp3) is 0.727. The van der Waals surface area contributed by atoms with E-state index in [0.717, 1.165) is 0 Å². The Balaban J connectivity index is 2.52. The fourth-order valence-corrected chi connectivity index (χ4v) is 2.03. The van der Waals surface area contributed by atoms with E-state index in [1.807, 2.05) is 6.92 Å². The summed E-state index contributed by atoms with van der Waals surface area (Å²) in [5.41, 5.74) is 6.02. The molecule has 0 aromatic carbocycles.